The van der Waals surface area contributed by atoms with Crippen molar-refractivity contribution < 1.29 is 14.3 Å². The first-order valence-electron chi connectivity index (χ1n) is 7.37. The second kappa shape index (κ2) is 7.27. The Morgan fingerprint density at radius 1 is 1.52 bits per heavy atom. The van der Waals surface area contributed by atoms with Gasteiger partial charge in [0, 0.05) is 28.9 Å². The lowest BCUT2D eigenvalue weighted by molar-refractivity contribution is -0.144. The minimum Gasteiger partial charge on any atom is -0.493 e. The molecule has 2 atom stereocenters. The maximum atomic E-state index is 11.5. The van der Waals surface area contributed by atoms with Crippen molar-refractivity contribution in [3.63, 3.8) is 0 Å². The monoisotopic (exact) mass is 355 g/mol. The van der Waals surface area contributed by atoms with Crippen LogP contribution in [-0.2, 0) is 16.0 Å². The molecule has 0 saturated heterocycles. The van der Waals surface area contributed by atoms with Gasteiger partial charge in [0.1, 0.15) is 5.75 Å². The predicted octanol–water partition coefficient (Wildman–Crippen LogP) is 3.36. The molecule has 2 N–H and O–H groups in total. The average molecular weight is 356 g/mol. The molecular weight excluding hydrogens is 334 g/mol. The zero-order valence-electron chi connectivity index (χ0n) is 12.5. The quantitative estimate of drug-likeness (QED) is 0.794. The highest BCUT2D eigenvalue weighted by molar-refractivity contribution is 9.10. The molecule has 0 fully saturated rings. The van der Waals surface area contributed by atoms with Crippen molar-refractivity contribution in [1.82, 2.24) is 0 Å². The zero-order chi connectivity index (χ0) is 15.4. The van der Waals surface area contributed by atoms with Crippen LogP contribution in [0.2, 0.25) is 0 Å². The normalized spacial score (nSPS) is 16.0. The first-order chi connectivity index (χ1) is 10.0. The van der Waals surface area contributed by atoms with Gasteiger partial charge in [-0.1, -0.05) is 22.9 Å². The van der Waals surface area contributed by atoms with Crippen LogP contribution in [0.3, 0.4) is 0 Å². The maximum Gasteiger partial charge on any atom is 0.306 e. The van der Waals surface area contributed by atoms with E-state index in [1.54, 1.807) is 0 Å². The van der Waals surface area contributed by atoms with E-state index in [0.717, 1.165) is 28.6 Å². The fourth-order valence-corrected chi connectivity index (χ4v) is 3.24. The molecule has 0 aromatic heterocycles. The Morgan fingerprint density at radius 2 is 2.29 bits per heavy atom. The summed E-state index contributed by atoms with van der Waals surface area (Å²) >= 11 is 3.53. The molecule has 0 aliphatic carbocycles. The number of hydrogen-bond donors (Lipinski definition) is 1. The van der Waals surface area contributed by atoms with Crippen LogP contribution in [-0.4, -0.2) is 19.2 Å². The molecule has 21 heavy (non-hydrogen) atoms. The second-order valence-electron chi connectivity index (χ2n) is 5.54. The summed E-state index contributed by atoms with van der Waals surface area (Å²) in [5.74, 6) is 0.942. The lowest BCUT2D eigenvalue weighted by Crippen LogP contribution is -2.18. The van der Waals surface area contributed by atoms with Gasteiger partial charge >= 0.3 is 5.97 Å². The molecule has 1 aliphatic rings. The van der Waals surface area contributed by atoms with Crippen LogP contribution in [0.15, 0.2) is 16.6 Å². The highest BCUT2D eigenvalue weighted by Crippen LogP contribution is 2.37. The summed E-state index contributed by atoms with van der Waals surface area (Å²) in [5, 5.41) is 0. The molecule has 4 nitrogen and oxygen atoms in total. The number of esters is 1. The summed E-state index contributed by atoms with van der Waals surface area (Å²) in [4.78, 5) is 11.5. The van der Waals surface area contributed by atoms with Gasteiger partial charge in [0.2, 0.25) is 0 Å². The summed E-state index contributed by atoms with van der Waals surface area (Å²) in [7, 11) is 0. The second-order valence-corrected chi connectivity index (χ2v) is 6.45. The van der Waals surface area contributed by atoms with Crippen LogP contribution in [0.4, 0.5) is 0 Å². The van der Waals surface area contributed by atoms with Crippen LogP contribution in [0.25, 0.3) is 0 Å². The minimum absolute atomic E-state index is 0.140. The highest BCUT2D eigenvalue weighted by Gasteiger charge is 2.23. The number of fused-ring (bicyclic) bond motifs is 1. The number of carbonyl (C=O) groups is 1. The summed E-state index contributed by atoms with van der Waals surface area (Å²) in [6.45, 7) is 4.97. The molecule has 0 spiro atoms. The van der Waals surface area contributed by atoms with E-state index >= 15 is 0 Å². The fourth-order valence-electron chi connectivity index (χ4n) is 2.72. The average Bonchev–Trinajstić information content (AvgIpc) is 2.85. The standard InChI is InChI=1S/C16H22BrNO3/c1-3-20-15(19)7-10(2)6-14(18)13-9-12(17)8-11-4-5-21-16(11)13/h8-10,14H,3-7,18H2,1-2H3. The third-order valence-corrected chi connectivity index (χ3v) is 4.11. The molecule has 5 heteroatoms. The maximum absolute atomic E-state index is 11.5. The van der Waals surface area contributed by atoms with Gasteiger partial charge in [0.15, 0.2) is 0 Å². The van der Waals surface area contributed by atoms with Crippen LogP contribution in [0.1, 0.15) is 43.9 Å². The Balaban J connectivity index is 2.04. The molecule has 1 heterocycles. The molecule has 0 radical (unpaired) electrons. The molecule has 0 bridgehead atoms. The lowest BCUT2D eigenvalue weighted by Gasteiger charge is -2.19. The first-order valence-corrected chi connectivity index (χ1v) is 8.16. The summed E-state index contributed by atoms with van der Waals surface area (Å²) in [6, 6.07) is 3.96. The molecule has 0 amide bonds. The van der Waals surface area contributed by atoms with Gasteiger partial charge in [-0.2, -0.15) is 0 Å². The zero-order valence-corrected chi connectivity index (χ0v) is 14.1. The van der Waals surface area contributed by atoms with E-state index in [-0.39, 0.29) is 17.9 Å². The van der Waals surface area contributed by atoms with Gasteiger partial charge in [0.25, 0.3) is 0 Å². The number of carbonyl (C=O) groups excluding carboxylic acids is 1. The summed E-state index contributed by atoms with van der Waals surface area (Å²) in [6.07, 6.45) is 2.05. The molecule has 116 valence electrons. The third-order valence-electron chi connectivity index (χ3n) is 3.65. The van der Waals surface area contributed by atoms with Crippen LogP contribution < -0.4 is 10.5 Å². The van der Waals surface area contributed by atoms with E-state index in [9.17, 15) is 4.79 Å². The SMILES string of the molecule is CCOC(=O)CC(C)CC(N)c1cc(Br)cc2c1OCC2. The molecule has 2 rings (SSSR count). The van der Waals surface area contributed by atoms with Gasteiger partial charge in [-0.25, -0.2) is 0 Å². The van der Waals surface area contributed by atoms with Crippen molar-refractivity contribution in [1.29, 1.82) is 0 Å². The Morgan fingerprint density at radius 3 is 3.00 bits per heavy atom. The van der Waals surface area contributed by atoms with E-state index in [4.69, 9.17) is 15.2 Å². The molecule has 1 aromatic carbocycles. The number of hydrogen-bond acceptors (Lipinski definition) is 4. The molecular formula is C16H22BrNO3. The van der Waals surface area contributed by atoms with Gasteiger partial charge in [-0.15, -0.1) is 0 Å². The van der Waals surface area contributed by atoms with Crippen molar-refractivity contribution in [2.45, 2.75) is 39.2 Å². The van der Waals surface area contributed by atoms with Crippen molar-refractivity contribution in [3.8, 4) is 5.75 Å². The Bertz CT molecular complexity index is 518. The van der Waals surface area contributed by atoms with E-state index in [1.807, 2.05) is 19.9 Å². The Hall–Kier alpha value is -1.07. The van der Waals surface area contributed by atoms with Crippen LogP contribution >= 0.6 is 15.9 Å². The van der Waals surface area contributed by atoms with Gasteiger partial charge in [-0.3, -0.25) is 4.79 Å². The number of nitrogens with two attached hydrogens (primary N) is 1. The van der Waals surface area contributed by atoms with Gasteiger partial charge in [-0.05, 0) is 37.0 Å². The molecule has 1 aliphatic heterocycles. The van der Waals surface area contributed by atoms with E-state index < -0.39 is 0 Å². The fraction of sp³-hybridized carbons (Fsp3) is 0.562. The Kier molecular flexibility index (Phi) is 5.65. The van der Waals surface area contributed by atoms with E-state index in [1.165, 1.54) is 5.56 Å². The number of ether oxygens (including phenoxy) is 2. The topological polar surface area (TPSA) is 61.5 Å². The summed E-state index contributed by atoms with van der Waals surface area (Å²) in [5.41, 5.74) is 8.56. The highest BCUT2D eigenvalue weighted by atomic mass is 79.9. The number of rotatable bonds is 6. The lowest BCUT2D eigenvalue weighted by atomic mass is 9.93. The van der Waals surface area contributed by atoms with Crippen molar-refractivity contribution in [3.05, 3.63) is 27.7 Å². The van der Waals surface area contributed by atoms with Gasteiger partial charge < -0.3 is 15.2 Å². The van der Waals surface area contributed by atoms with Crippen LogP contribution in [0, 0.1) is 5.92 Å². The number of benzene rings is 1. The first kappa shape index (κ1) is 16.3. The van der Waals surface area contributed by atoms with Crippen molar-refractivity contribution >= 4 is 21.9 Å². The smallest absolute Gasteiger partial charge is 0.306 e. The van der Waals surface area contributed by atoms with Gasteiger partial charge in [0.05, 0.1) is 13.2 Å². The Labute approximate surface area is 134 Å². The minimum atomic E-state index is -0.159. The molecule has 0 saturated carbocycles. The van der Waals surface area contributed by atoms with E-state index in [2.05, 4.69) is 22.0 Å². The van der Waals surface area contributed by atoms with E-state index in [0.29, 0.717) is 19.6 Å². The van der Waals surface area contributed by atoms with Crippen molar-refractivity contribution in [2.24, 2.45) is 11.7 Å². The molecule has 1 aromatic rings. The number of halogens is 1. The summed E-state index contributed by atoms with van der Waals surface area (Å²) < 4.78 is 11.7. The predicted molar refractivity (Wildman–Crippen MR) is 85.3 cm³/mol. The largest absolute Gasteiger partial charge is 0.493 e. The van der Waals surface area contributed by atoms with Crippen LogP contribution in [0.5, 0.6) is 5.75 Å². The molecule has 2 unspecified atom stereocenters. The van der Waals surface area contributed by atoms with Crippen molar-refractivity contribution in [2.75, 3.05) is 13.2 Å². The third kappa shape index (κ3) is 4.20.